The zero-order valence-electron chi connectivity index (χ0n) is 14.2. The lowest BCUT2D eigenvalue weighted by Gasteiger charge is -2.32. The van der Waals surface area contributed by atoms with Gasteiger partial charge in [-0.1, -0.05) is 12.8 Å². The highest BCUT2D eigenvalue weighted by molar-refractivity contribution is 14.0. The third-order valence-corrected chi connectivity index (χ3v) is 4.85. The van der Waals surface area contributed by atoms with E-state index in [9.17, 15) is 13.2 Å². The van der Waals surface area contributed by atoms with Crippen LogP contribution < -0.4 is 5.73 Å². The Bertz CT molecular complexity index is 374. The zero-order valence-corrected chi connectivity index (χ0v) is 16.6. The van der Waals surface area contributed by atoms with Gasteiger partial charge in [0, 0.05) is 19.6 Å². The number of nitrogens with zero attached hydrogens (tertiary/aromatic N) is 3. The van der Waals surface area contributed by atoms with E-state index in [-0.39, 0.29) is 24.0 Å². The van der Waals surface area contributed by atoms with Crippen LogP contribution in [0.25, 0.3) is 0 Å². The molecule has 2 aliphatic heterocycles. The summed E-state index contributed by atoms with van der Waals surface area (Å²) in [6.07, 6.45) is 3.37. The molecule has 0 aliphatic carbocycles. The standard InChI is InChI=1S/C16H29F3N4.HI/c17-16(18,19)13-22-11-6-14(7-12-22)5-8-21-15(20)23-9-3-1-2-4-10-23;/h14H,1-13H2,(H2,20,21);1H. The van der Waals surface area contributed by atoms with Gasteiger partial charge in [0.2, 0.25) is 0 Å². The molecule has 0 bridgehead atoms. The van der Waals surface area contributed by atoms with Crippen LogP contribution in [0.3, 0.4) is 0 Å². The predicted octanol–water partition coefficient (Wildman–Crippen LogP) is 3.46. The lowest BCUT2D eigenvalue weighted by atomic mass is 9.93. The number of guanidine groups is 1. The van der Waals surface area contributed by atoms with E-state index in [2.05, 4.69) is 9.89 Å². The summed E-state index contributed by atoms with van der Waals surface area (Å²) in [4.78, 5) is 8.16. The van der Waals surface area contributed by atoms with Gasteiger partial charge < -0.3 is 10.6 Å². The summed E-state index contributed by atoms with van der Waals surface area (Å²) in [6, 6.07) is 0. The molecule has 0 aromatic carbocycles. The number of nitrogens with two attached hydrogens (primary N) is 1. The summed E-state index contributed by atoms with van der Waals surface area (Å²) < 4.78 is 37.1. The Morgan fingerprint density at radius 2 is 1.58 bits per heavy atom. The van der Waals surface area contributed by atoms with Crippen molar-refractivity contribution in [1.82, 2.24) is 9.80 Å². The van der Waals surface area contributed by atoms with Crippen molar-refractivity contribution >= 4 is 29.9 Å². The Hall–Kier alpha value is -0.250. The van der Waals surface area contributed by atoms with Gasteiger partial charge in [-0.05, 0) is 51.1 Å². The first-order chi connectivity index (χ1) is 10.9. The molecule has 0 spiro atoms. The molecule has 2 saturated heterocycles. The van der Waals surface area contributed by atoms with E-state index in [1.54, 1.807) is 0 Å². The Balaban J connectivity index is 0.00000288. The molecule has 0 saturated carbocycles. The van der Waals surface area contributed by atoms with Crippen LogP contribution in [0.1, 0.15) is 44.9 Å². The van der Waals surface area contributed by atoms with Crippen molar-refractivity contribution in [3.05, 3.63) is 0 Å². The summed E-state index contributed by atoms with van der Waals surface area (Å²) in [5, 5.41) is 0. The van der Waals surface area contributed by atoms with Crippen molar-refractivity contribution in [2.24, 2.45) is 16.6 Å². The van der Waals surface area contributed by atoms with Crippen LogP contribution in [0.2, 0.25) is 0 Å². The Morgan fingerprint density at radius 3 is 2.12 bits per heavy atom. The first-order valence-electron chi connectivity index (χ1n) is 8.78. The van der Waals surface area contributed by atoms with E-state index in [1.807, 2.05) is 0 Å². The molecular formula is C16H30F3IN4. The highest BCUT2D eigenvalue weighted by Crippen LogP contribution is 2.24. The molecule has 0 amide bonds. The number of alkyl halides is 3. The van der Waals surface area contributed by atoms with Crippen LogP contribution >= 0.6 is 24.0 Å². The minimum atomic E-state index is -4.08. The Labute approximate surface area is 160 Å². The summed E-state index contributed by atoms with van der Waals surface area (Å²) in [7, 11) is 0. The minimum Gasteiger partial charge on any atom is -0.370 e. The van der Waals surface area contributed by atoms with E-state index >= 15 is 0 Å². The van der Waals surface area contributed by atoms with Gasteiger partial charge in [0.1, 0.15) is 0 Å². The second kappa shape index (κ2) is 10.7. The van der Waals surface area contributed by atoms with E-state index in [0.717, 1.165) is 32.4 Å². The highest BCUT2D eigenvalue weighted by Gasteiger charge is 2.32. The quantitative estimate of drug-likeness (QED) is 0.396. The first-order valence-corrected chi connectivity index (χ1v) is 8.78. The van der Waals surface area contributed by atoms with Crippen LogP contribution in [0.15, 0.2) is 4.99 Å². The fourth-order valence-electron chi connectivity index (χ4n) is 3.45. The fraction of sp³-hybridized carbons (Fsp3) is 0.938. The van der Waals surface area contributed by atoms with Crippen LogP contribution in [-0.4, -0.2) is 61.2 Å². The lowest BCUT2D eigenvalue weighted by molar-refractivity contribution is -0.148. The second-order valence-electron chi connectivity index (χ2n) is 6.76. The normalized spacial score (nSPS) is 22.1. The summed E-state index contributed by atoms with van der Waals surface area (Å²) in [6.45, 7) is 2.97. The third-order valence-electron chi connectivity index (χ3n) is 4.85. The van der Waals surface area contributed by atoms with Crippen LogP contribution in [0, 0.1) is 5.92 Å². The molecule has 0 aromatic heterocycles. The molecular weight excluding hydrogens is 432 g/mol. The van der Waals surface area contributed by atoms with Gasteiger partial charge in [-0.15, -0.1) is 24.0 Å². The zero-order chi connectivity index (χ0) is 16.7. The molecule has 2 rings (SSSR count). The lowest BCUT2D eigenvalue weighted by Crippen LogP contribution is -2.40. The molecule has 2 heterocycles. The van der Waals surface area contributed by atoms with E-state index in [0.29, 0.717) is 31.5 Å². The largest absolute Gasteiger partial charge is 0.401 e. The molecule has 0 unspecified atom stereocenters. The summed E-state index contributed by atoms with van der Waals surface area (Å²) in [5.74, 6) is 1.11. The number of aliphatic imine (C=N–C) groups is 1. The van der Waals surface area contributed by atoms with Crippen LogP contribution in [0.4, 0.5) is 13.2 Å². The van der Waals surface area contributed by atoms with Crippen molar-refractivity contribution in [2.45, 2.75) is 51.1 Å². The van der Waals surface area contributed by atoms with Gasteiger partial charge in [-0.25, -0.2) is 0 Å². The molecule has 8 heteroatoms. The molecule has 0 aromatic rings. The molecule has 0 atom stereocenters. The maximum absolute atomic E-state index is 12.4. The fourth-order valence-corrected chi connectivity index (χ4v) is 3.45. The number of halogens is 4. The SMILES string of the molecule is I.NC(=NCCC1CCN(CC(F)(F)F)CC1)N1CCCCCC1. The topological polar surface area (TPSA) is 44.9 Å². The van der Waals surface area contributed by atoms with Gasteiger partial charge >= 0.3 is 6.18 Å². The van der Waals surface area contributed by atoms with Gasteiger partial charge in [0.05, 0.1) is 6.54 Å². The van der Waals surface area contributed by atoms with Gasteiger partial charge in [-0.2, -0.15) is 13.2 Å². The van der Waals surface area contributed by atoms with Crippen molar-refractivity contribution in [3.8, 4) is 0 Å². The molecule has 2 aliphatic rings. The summed E-state index contributed by atoms with van der Waals surface area (Å²) >= 11 is 0. The van der Waals surface area contributed by atoms with Gasteiger partial charge in [0.25, 0.3) is 0 Å². The van der Waals surface area contributed by atoms with Crippen molar-refractivity contribution < 1.29 is 13.2 Å². The number of piperidine rings is 1. The van der Waals surface area contributed by atoms with Crippen molar-refractivity contribution in [1.29, 1.82) is 0 Å². The molecule has 0 radical (unpaired) electrons. The smallest absolute Gasteiger partial charge is 0.370 e. The van der Waals surface area contributed by atoms with E-state index < -0.39 is 12.7 Å². The third kappa shape index (κ3) is 8.22. The van der Waals surface area contributed by atoms with E-state index in [4.69, 9.17) is 5.73 Å². The molecule has 2 fully saturated rings. The number of rotatable bonds is 4. The number of likely N-dealkylation sites (tertiary alicyclic amines) is 2. The van der Waals surface area contributed by atoms with E-state index in [1.165, 1.54) is 30.6 Å². The van der Waals surface area contributed by atoms with Crippen LogP contribution in [-0.2, 0) is 0 Å². The maximum Gasteiger partial charge on any atom is 0.401 e. The van der Waals surface area contributed by atoms with Crippen molar-refractivity contribution in [3.63, 3.8) is 0 Å². The molecule has 4 nitrogen and oxygen atoms in total. The average Bonchev–Trinajstić information content (AvgIpc) is 2.76. The van der Waals surface area contributed by atoms with Gasteiger partial charge in [0.15, 0.2) is 5.96 Å². The average molecular weight is 462 g/mol. The molecule has 142 valence electrons. The molecule has 24 heavy (non-hydrogen) atoms. The highest BCUT2D eigenvalue weighted by atomic mass is 127. The monoisotopic (exact) mass is 462 g/mol. The van der Waals surface area contributed by atoms with Crippen LogP contribution in [0.5, 0.6) is 0 Å². The first kappa shape index (κ1) is 21.8. The molecule has 2 N–H and O–H groups in total. The number of hydrogen-bond acceptors (Lipinski definition) is 2. The Morgan fingerprint density at radius 1 is 1.00 bits per heavy atom. The summed E-state index contributed by atoms with van der Waals surface area (Å²) in [5.41, 5.74) is 6.07. The number of hydrogen-bond donors (Lipinski definition) is 1. The maximum atomic E-state index is 12.4. The van der Waals surface area contributed by atoms with Crippen molar-refractivity contribution in [2.75, 3.05) is 39.3 Å². The van der Waals surface area contributed by atoms with Gasteiger partial charge in [-0.3, -0.25) is 9.89 Å². The second-order valence-corrected chi connectivity index (χ2v) is 6.76. The Kier molecular flexibility index (Phi) is 9.69. The minimum absolute atomic E-state index is 0. The predicted molar refractivity (Wildman–Crippen MR) is 102 cm³/mol.